The Hall–Kier alpha value is -3.29. The smallest absolute Gasteiger partial charge is 0.269 e. The summed E-state index contributed by atoms with van der Waals surface area (Å²) < 4.78 is 12.7. The molecule has 0 aromatic heterocycles. The number of nitro benzene ring substituents is 1. The van der Waals surface area contributed by atoms with Crippen LogP contribution in [-0.2, 0) is 11.2 Å². The Morgan fingerprint density at radius 1 is 1.00 bits per heavy atom. The van der Waals surface area contributed by atoms with Gasteiger partial charge >= 0.3 is 0 Å². The standard InChI is InChI=1S/C15H12FN3O4/c16-12-5-3-11(4-6-12)15(21)18-17-14(20)9-10-1-7-13(8-2-10)19(22)23/h1-8H,9H2,(H,17,20)(H,18,21). The van der Waals surface area contributed by atoms with Crippen LogP contribution in [0.1, 0.15) is 15.9 Å². The minimum absolute atomic E-state index is 0.0539. The van der Waals surface area contributed by atoms with E-state index >= 15 is 0 Å². The third-order valence-electron chi connectivity index (χ3n) is 2.93. The number of non-ortho nitro benzene ring substituents is 1. The number of benzene rings is 2. The summed E-state index contributed by atoms with van der Waals surface area (Å²) in [7, 11) is 0. The number of halogens is 1. The molecule has 0 radical (unpaired) electrons. The van der Waals surface area contributed by atoms with Gasteiger partial charge in [0, 0.05) is 17.7 Å². The molecule has 0 atom stereocenters. The van der Waals surface area contributed by atoms with E-state index in [4.69, 9.17) is 0 Å². The minimum Gasteiger partial charge on any atom is -0.273 e. The zero-order valence-electron chi connectivity index (χ0n) is 11.8. The van der Waals surface area contributed by atoms with E-state index in [0.717, 1.165) is 12.1 Å². The molecule has 0 aliphatic carbocycles. The van der Waals surface area contributed by atoms with Gasteiger partial charge in [-0.05, 0) is 29.8 Å². The molecule has 0 fully saturated rings. The predicted molar refractivity (Wildman–Crippen MR) is 78.8 cm³/mol. The Labute approximate surface area is 130 Å². The Kier molecular flexibility index (Phi) is 4.98. The lowest BCUT2D eigenvalue weighted by atomic mass is 10.1. The molecule has 0 aliphatic rings. The Bertz CT molecular complexity index is 729. The maximum absolute atomic E-state index is 12.7. The van der Waals surface area contributed by atoms with Crippen LogP contribution in [0.2, 0.25) is 0 Å². The number of nitrogens with one attached hydrogen (secondary N) is 2. The van der Waals surface area contributed by atoms with Crippen molar-refractivity contribution in [2.75, 3.05) is 0 Å². The van der Waals surface area contributed by atoms with Crippen molar-refractivity contribution in [3.05, 3.63) is 75.6 Å². The van der Waals surface area contributed by atoms with E-state index in [9.17, 15) is 24.1 Å². The van der Waals surface area contributed by atoms with Crippen molar-refractivity contribution < 1.29 is 18.9 Å². The molecule has 118 valence electrons. The molecule has 0 saturated carbocycles. The summed E-state index contributed by atoms with van der Waals surface area (Å²) in [6, 6.07) is 10.3. The molecule has 2 rings (SSSR count). The fourth-order valence-corrected chi connectivity index (χ4v) is 1.77. The predicted octanol–water partition coefficient (Wildman–Crippen LogP) is 1.74. The Balaban J connectivity index is 1.86. The molecule has 0 bridgehead atoms. The highest BCUT2D eigenvalue weighted by atomic mass is 19.1. The lowest BCUT2D eigenvalue weighted by molar-refractivity contribution is -0.384. The molecule has 2 N–H and O–H groups in total. The first-order valence-electron chi connectivity index (χ1n) is 6.54. The van der Waals surface area contributed by atoms with Crippen LogP contribution >= 0.6 is 0 Å². The monoisotopic (exact) mass is 317 g/mol. The molecule has 2 aromatic rings. The van der Waals surface area contributed by atoms with Gasteiger partial charge < -0.3 is 0 Å². The van der Waals surface area contributed by atoms with E-state index in [1.165, 1.54) is 36.4 Å². The van der Waals surface area contributed by atoms with Crippen molar-refractivity contribution in [1.82, 2.24) is 10.9 Å². The van der Waals surface area contributed by atoms with E-state index in [0.29, 0.717) is 5.56 Å². The first-order valence-corrected chi connectivity index (χ1v) is 6.54. The van der Waals surface area contributed by atoms with Gasteiger partial charge in [0.2, 0.25) is 5.91 Å². The van der Waals surface area contributed by atoms with Gasteiger partial charge in [-0.3, -0.25) is 30.6 Å². The van der Waals surface area contributed by atoms with Crippen LogP contribution in [0.5, 0.6) is 0 Å². The number of nitro groups is 1. The van der Waals surface area contributed by atoms with Gasteiger partial charge in [0.05, 0.1) is 11.3 Å². The molecule has 0 spiro atoms. The van der Waals surface area contributed by atoms with Gasteiger partial charge in [0.25, 0.3) is 11.6 Å². The number of hydrogen-bond donors (Lipinski definition) is 2. The molecule has 2 amide bonds. The van der Waals surface area contributed by atoms with Crippen LogP contribution in [0.3, 0.4) is 0 Å². The van der Waals surface area contributed by atoms with Gasteiger partial charge in [-0.2, -0.15) is 0 Å². The largest absolute Gasteiger partial charge is 0.273 e. The van der Waals surface area contributed by atoms with E-state index in [1.54, 1.807) is 0 Å². The third kappa shape index (κ3) is 4.60. The summed E-state index contributed by atoms with van der Waals surface area (Å²) in [6.07, 6.45) is -0.0539. The lowest BCUT2D eigenvalue weighted by Gasteiger charge is -2.07. The molecule has 0 heterocycles. The molecule has 2 aromatic carbocycles. The van der Waals surface area contributed by atoms with Crippen LogP contribution in [0.25, 0.3) is 0 Å². The van der Waals surface area contributed by atoms with Gasteiger partial charge in [-0.25, -0.2) is 4.39 Å². The maximum Gasteiger partial charge on any atom is 0.269 e. The van der Waals surface area contributed by atoms with E-state index < -0.39 is 22.6 Å². The minimum atomic E-state index is -0.581. The van der Waals surface area contributed by atoms with Crippen molar-refractivity contribution in [3.8, 4) is 0 Å². The van der Waals surface area contributed by atoms with Crippen molar-refractivity contribution >= 4 is 17.5 Å². The van der Waals surface area contributed by atoms with Crippen molar-refractivity contribution in [2.24, 2.45) is 0 Å². The summed E-state index contributed by atoms with van der Waals surface area (Å²) in [6.45, 7) is 0. The van der Waals surface area contributed by atoms with Crippen LogP contribution < -0.4 is 10.9 Å². The van der Waals surface area contributed by atoms with Crippen molar-refractivity contribution in [1.29, 1.82) is 0 Å². The van der Waals surface area contributed by atoms with Gasteiger partial charge in [0.15, 0.2) is 0 Å². The summed E-state index contributed by atoms with van der Waals surface area (Å²) in [5.74, 6) is -1.54. The van der Waals surface area contributed by atoms with E-state index in [2.05, 4.69) is 10.9 Å². The quantitative estimate of drug-likeness (QED) is 0.662. The summed E-state index contributed by atoms with van der Waals surface area (Å²) in [5, 5.41) is 10.5. The zero-order valence-corrected chi connectivity index (χ0v) is 11.8. The van der Waals surface area contributed by atoms with Gasteiger partial charge in [-0.15, -0.1) is 0 Å². The van der Waals surface area contributed by atoms with E-state index in [1.807, 2.05) is 0 Å². The highest BCUT2D eigenvalue weighted by Gasteiger charge is 2.09. The highest BCUT2D eigenvalue weighted by Crippen LogP contribution is 2.12. The molecule has 23 heavy (non-hydrogen) atoms. The molecule has 0 saturated heterocycles. The van der Waals surface area contributed by atoms with Crippen LogP contribution in [0, 0.1) is 15.9 Å². The number of carbonyl (C=O) groups is 2. The lowest BCUT2D eigenvalue weighted by Crippen LogP contribution is -2.42. The zero-order chi connectivity index (χ0) is 16.8. The van der Waals surface area contributed by atoms with Crippen molar-refractivity contribution in [2.45, 2.75) is 6.42 Å². The van der Waals surface area contributed by atoms with Crippen LogP contribution in [0.15, 0.2) is 48.5 Å². The second-order valence-corrected chi connectivity index (χ2v) is 4.61. The van der Waals surface area contributed by atoms with Crippen LogP contribution in [0.4, 0.5) is 10.1 Å². The SMILES string of the molecule is O=C(Cc1ccc([N+](=O)[O-])cc1)NNC(=O)c1ccc(F)cc1. The van der Waals surface area contributed by atoms with Gasteiger partial charge in [-0.1, -0.05) is 12.1 Å². The number of carbonyl (C=O) groups excluding carboxylic acids is 2. The molecule has 0 unspecified atom stereocenters. The summed E-state index contributed by atoms with van der Waals surface area (Å²) >= 11 is 0. The Morgan fingerprint density at radius 3 is 2.17 bits per heavy atom. The van der Waals surface area contributed by atoms with Gasteiger partial charge in [0.1, 0.15) is 5.82 Å². The fourth-order valence-electron chi connectivity index (χ4n) is 1.77. The number of hydrogen-bond acceptors (Lipinski definition) is 4. The summed E-state index contributed by atoms with van der Waals surface area (Å²) in [4.78, 5) is 33.4. The molecular formula is C15H12FN3O4. The van der Waals surface area contributed by atoms with Crippen LogP contribution in [-0.4, -0.2) is 16.7 Å². The van der Waals surface area contributed by atoms with Crippen molar-refractivity contribution in [3.63, 3.8) is 0 Å². The first kappa shape index (κ1) is 16.1. The Morgan fingerprint density at radius 2 is 1.61 bits per heavy atom. The number of amides is 2. The average Bonchev–Trinajstić information content (AvgIpc) is 2.54. The maximum atomic E-state index is 12.7. The normalized spacial score (nSPS) is 9.96. The molecule has 0 aliphatic heterocycles. The first-order chi connectivity index (χ1) is 11.0. The second kappa shape index (κ2) is 7.12. The number of nitrogens with zero attached hydrogens (tertiary/aromatic N) is 1. The van der Waals surface area contributed by atoms with E-state index in [-0.39, 0.29) is 17.7 Å². The topological polar surface area (TPSA) is 101 Å². The molecular weight excluding hydrogens is 305 g/mol. The number of hydrazine groups is 1. The molecule has 8 heteroatoms. The third-order valence-corrected chi connectivity index (χ3v) is 2.93. The summed E-state index contributed by atoms with van der Waals surface area (Å²) in [5.41, 5.74) is 5.10. The highest BCUT2D eigenvalue weighted by molar-refractivity contribution is 5.95. The fraction of sp³-hybridized carbons (Fsp3) is 0.0667. The number of rotatable bonds is 4. The molecule has 7 nitrogen and oxygen atoms in total. The average molecular weight is 317 g/mol. The second-order valence-electron chi connectivity index (χ2n) is 4.61.